The third-order valence-electron chi connectivity index (χ3n) is 4.16. The van der Waals surface area contributed by atoms with E-state index in [4.69, 9.17) is 26.4 Å². The smallest absolute Gasteiger partial charge is 0.281 e. The van der Waals surface area contributed by atoms with Crippen LogP contribution in [0.25, 0.3) is 6.08 Å². The minimum absolute atomic E-state index is 0.147. The number of nitrogens with one attached hydrogen (secondary N) is 1. The molecule has 7 heteroatoms. The molecular formula is C19H16N2O4S. The molecule has 0 unspecified atom stereocenters. The fraction of sp³-hybridized carbons (Fsp3) is 0.158. The molecule has 2 aliphatic heterocycles. The van der Waals surface area contributed by atoms with Gasteiger partial charge in [0.1, 0.15) is 5.70 Å². The molecule has 1 saturated heterocycles. The Balaban J connectivity index is 1.68. The van der Waals surface area contributed by atoms with Crippen molar-refractivity contribution in [2.45, 2.75) is 6.92 Å². The van der Waals surface area contributed by atoms with Gasteiger partial charge >= 0.3 is 0 Å². The van der Waals surface area contributed by atoms with Gasteiger partial charge in [-0.15, -0.1) is 0 Å². The number of hydrogen-bond donors (Lipinski definition) is 1. The van der Waals surface area contributed by atoms with E-state index in [2.05, 4.69) is 5.32 Å². The van der Waals surface area contributed by atoms with Crippen LogP contribution in [0.15, 0.2) is 42.1 Å². The van der Waals surface area contributed by atoms with Crippen LogP contribution in [0.3, 0.4) is 0 Å². The van der Waals surface area contributed by atoms with E-state index in [0.717, 1.165) is 16.8 Å². The average molecular weight is 368 g/mol. The lowest BCUT2D eigenvalue weighted by atomic mass is 10.1. The Bertz CT molecular complexity index is 937. The molecule has 0 aliphatic carbocycles. The number of benzene rings is 2. The highest BCUT2D eigenvalue weighted by atomic mass is 32.1. The van der Waals surface area contributed by atoms with Crippen LogP contribution in [0.4, 0.5) is 5.69 Å². The molecule has 4 rings (SSSR count). The van der Waals surface area contributed by atoms with E-state index < -0.39 is 0 Å². The van der Waals surface area contributed by atoms with Gasteiger partial charge in [0.2, 0.25) is 12.5 Å². The molecule has 0 aromatic heterocycles. The first kappa shape index (κ1) is 16.4. The average Bonchev–Trinajstić information content (AvgIpc) is 3.20. The predicted octanol–water partition coefficient (Wildman–Crippen LogP) is 2.99. The molecule has 1 N–H and O–H groups in total. The Morgan fingerprint density at radius 1 is 1.23 bits per heavy atom. The normalized spacial score (nSPS) is 17.0. The Hall–Kier alpha value is -3.06. The summed E-state index contributed by atoms with van der Waals surface area (Å²) in [5, 5.41) is 3.32. The number of thiocarbonyl (C=S) groups is 1. The molecule has 0 radical (unpaired) electrons. The van der Waals surface area contributed by atoms with E-state index >= 15 is 0 Å². The van der Waals surface area contributed by atoms with Crippen molar-refractivity contribution in [3.05, 3.63) is 53.2 Å². The predicted molar refractivity (Wildman–Crippen MR) is 101 cm³/mol. The van der Waals surface area contributed by atoms with Crippen LogP contribution < -0.4 is 24.4 Å². The fourth-order valence-electron chi connectivity index (χ4n) is 2.86. The highest BCUT2D eigenvalue weighted by Gasteiger charge is 2.32. The molecule has 0 atom stereocenters. The standard InChI is InChI=1S/C19H16N2O4S/c1-11-3-5-13(6-4-11)21-18(22)14(20-19(21)26)7-12-8-15(23-2)17-16(9-12)24-10-25-17/h3-9H,10H2,1-2H3,(H,20,26)/b14-7-. The number of carbonyl (C=O) groups is 1. The van der Waals surface area contributed by atoms with Gasteiger partial charge in [0, 0.05) is 0 Å². The van der Waals surface area contributed by atoms with Crippen LogP contribution in [0.1, 0.15) is 11.1 Å². The first-order valence-corrected chi connectivity index (χ1v) is 8.39. The minimum Gasteiger partial charge on any atom is -0.493 e. The summed E-state index contributed by atoms with van der Waals surface area (Å²) in [7, 11) is 1.56. The van der Waals surface area contributed by atoms with E-state index in [-0.39, 0.29) is 12.7 Å². The monoisotopic (exact) mass is 368 g/mol. The van der Waals surface area contributed by atoms with Gasteiger partial charge in [-0.1, -0.05) is 17.7 Å². The molecule has 6 nitrogen and oxygen atoms in total. The number of hydrogen-bond acceptors (Lipinski definition) is 5. The van der Waals surface area contributed by atoms with Crippen LogP contribution in [0, 0.1) is 6.92 Å². The van der Waals surface area contributed by atoms with Crippen LogP contribution >= 0.6 is 12.2 Å². The third-order valence-corrected chi connectivity index (χ3v) is 4.45. The second-order valence-electron chi connectivity index (χ2n) is 5.92. The summed E-state index contributed by atoms with van der Waals surface area (Å²) in [6.45, 7) is 2.14. The number of methoxy groups -OCH3 is 1. The summed E-state index contributed by atoms with van der Waals surface area (Å²) in [5.41, 5.74) is 2.97. The van der Waals surface area contributed by atoms with E-state index in [0.29, 0.717) is 28.1 Å². The van der Waals surface area contributed by atoms with Crippen molar-refractivity contribution in [3.8, 4) is 17.2 Å². The van der Waals surface area contributed by atoms with Crippen LogP contribution in [0.5, 0.6) is 17.2 Å². The minimum atomic E-state index is -0.213. The molecule has 2 aliphatic rings. The summed E-state index contributed by atoms with van der Waals surface area (Å²) >= 11 is 5.34. The fourth-order valence-corrected chi connectivity index (χ4v) is 3.16. The van der Waals surface area contributed by atoms with Crippen molar-refractivity contribution in [2.75, 3.05) is 18.8 Å². The number of aryl methyl sites for hydroxylation is 1. The molecule has 0 saturated carbocycles. The molecule has 1 fully saturated rings. The molecule has 1 amide bonds. The van der Waals surface area contributed by atoms with Gasteiger partial charge in [-0.25, -0.2) is 0 Å². The number of nitrogens with zero attached hydrogens (tertiary/aromatic N) is 1. The van der Waals surface area contributed by atoms with E-state index in [1.165, 1.54) is 4.90 Å². The van der Waals surface area contributed by atoms with Gasteiger partial charge < -0.3 is 19.5 Å². The summed E-state index contributed by atoms with van der Waals surface area (Å²) in [5.74, 6) is 1.49. The third kappa shape index (κ3) is 2.76. The Morgan fingerprint density at radius 2 is 2.00 bits per heavy atom. The summed E-state index contributed by atoms with van der Waals surface area (Å²) in [4.78, 5) is 14.3. The van der Waals surface area contributed by atoms with Crippen molar-refractivity contribution in [1.29, 1.82) is 0 Å². The first-order valence-electron chi connectivity index (χ1n) is 7.98. The maximum absolute atomic E-state index is 12.8. The zero-order chi connectivity index (χ0) is 18.3. The molecule has 2 aromatic carbocycles. The quantitative estimate of drug-likeness (QED) is 0.664. The highest BCUT2D eigenvalue weighted by Crippen LogP contribution is 2.42. The summed E-state index contributed by atoms with van der Waals surface area (Å²) in [6, 6.07) is 11.2. The molecule has 132 valence electrons. The lowest BCUT2D eigenvalue weighted by Crippen LogP contribution is -2.30. The van der Waals surface area contributed by atoms with E-state index in [1.807, 2.05) is 31.2 Å². The summed E-state index contributed by atoms with van der Waals surface area (Å²) in [6.07, 6.45) is 1.72. The lowest BCUT2D eigenvalue weighted by molar-refractivity contribution is -0.113. The van der Waals surface area contributed by atoms with Crippen molar-refractivity contribution < 1.29 is 19.0 Å². The SMILES string of the molecule is COc1cc(/C=C2\NC(=S)N(c3ccc(C)cc3)C2=O)cc2c1OCO2. The van der Waals surface area contributed by atoms with Gasteiger partial charge in [0.15, 0.2) is 16.6 Å². The zero-order valence-corrected chi connectivity index (χ0v) is 15.1. The topological polar surface area (TPSA) is 60.0 Å². The first-order chi connectivity index (χ1) is 12.6. The van der Waals surface area contributed by atoms with Gasteiger partial charge in [-0.3, -0.25) is 9.69 Å². The lowest BCUT2D eigenvalue weighted by Gasteiger charge is -2.14. The molecule has 0 spiro atoms. The van der Waals surface area contributed by atoms with Crippen molar-refractivity contribution in [2.24, 2.45) is 0 Å². The number of carbonyl (C=O) groups excluding carboxylic acids is 1. The maximum atomic E-state index is 12.8. The van der Waals surface area contributed by atoms with Crippen LogP contribution in [-0.2, 0) is 4.79 Å². The Kier molecular flexibility index (Phi) is 4.00. The number of fused-ring (bicyclic) bond motifs is 1. The van der Waals surface area contributed by atoms with Crippen molar-refractivity contribution in [3.63, 3.8) is 0 Å². The maximum Gasteiger partial charge on any atom is 0.281 e. The number of ether oxygens (including phenoxy) is 3. The second kappa shape index (κ2) is 6.34. The van der Waals surface area contributed by atoms with Gasteiger partial charge in [0.25, 0.3) is 5.91 Å². The highest BCUT2D eigenvalue weighted by molar-refractivity contribution is 7.80. The second-order valence-corrected chi connectivity index (χ2v) is 6.31. The molecule has 2 aromatic rings. The number of anilines is 1. The van der Waals surface area contributed by atoms with Crippen LogP contribution in [0.2, 0.25) is 0 Å². The van der Waals surface area contributed by atoms with Crippen molar-refractivity contribution >= 4 is 35.0 Å². The zero-order valence-electron chi connectivity index (χ0n) is 14.2. The van der Waals surface area contributed by atoms with Gasteiger partial charge in [-0.05, 0) is 55.0 Å². The van der Waals surface area contributed by atoms with Gasteiger partial charge in [0.05, 0.1) is 12.8 Å². The number of amides is 1. The Morgan fingerprint density at radius 3 is 2.73 bits per heavy atom. The van der Waals surface area contributed by atoms with Crippen LogP contribution in [-0.4, -0.2) is 24.9 Å². The molecule has 2 heterocycles. The summed E-state index contributed by atoms with van der Waals surface area (Å²) < 4.78 is 16.1. The number of rotatable bonds is 3. The molecular weight excluding hydrogens is 352 g/mol. The largest absolute Gasteiger partial charge is 0.493 e. The van der Waals surface area contributed by atoms with E-state index in [1.54, 1.807) is 25.3 Å². The molecule has 0 bridgehead atoms. The Labute approximate surface area is 156 Å². The van der Waals surface area contributed by atoms with E-state index in [9.17, 15) is 4.79 Å². The van der Waals surface area contributed by atoms with Crippen molar-refractivity contribution in [1.82, 2.24) is 5.32 Å². The van der Waals surface area contributed by atoms with Gasteiger partial charge in [-0.2, -0.15) is 0 Å². The molecule has 26 heavy (non-hydrogen) atoms.